The normalized spacial score (nSPS) is 14.6. The van der Waals surface area contributed by atoms with Gasteiger partial charge in [0.1, 0.15) is 6.54 Å². The molecule has 1 fully saturated rings. The Balaban J connectivity index is 1.81. The summed E-state index contributed by atoms with van der Waals surface area (Å²) >= 11 is 0. The summed E-state index contributed by atoms with van der Waals surface area (Å²) < 4.78 is 35.8. The molecule has 21 heavy (non-hydrogen) atoms. The fourth-order valence-electron chi connectivity index (χ4n) is 1.74. The first-order valence-corrected chi connectivity index (χ1v) is 6.57. The van der Waals surface area contributed by atoms with Crippen molar-refractivity contribution in [3.63, 3.8) is 0 Å². The Hall–Kier alpha value is -2.05. The lowest BCUT2D eigenvalue weighted by Crippen LogP contribution is -2.34. The zero-order valence-electron chi connectivity index (χ0n) is 11.2. The molecule has 0 unspecified atom stereocenters. The maximum atomic E-state index is 11.9. The second-order valence-corrected chi connectivity index (χ2v) is 5.03. The van der Waals surface area contributed by atoms with E-state index in [0.717, 1.165) is 12.8 Å². The number of amides is 2. The summed E-state index contributed by atoms with van der Waals surface area (Å²) in [4.78, 5) is 22.9. The van der Waals surface area contributed by atoms with Crippen molar-refractivity contribution in [2.24, 2.45) is 5.92 Å². The van der Waals surface area contributed by atoms with Crippen LogP contribution in [0.2, 0.25) is 0 Å². The Kier molecular flexibility index (Phi) is 4.50. The average molecular weight is 300 g/mol. The molecule has 1 aliphatic rings. The van der Waals surface area contributed by atoms with E-state index < -0.39 is 18.6 Å². The number of carbonyl (C=O) groups excluding carboxylic acids is 2. The minimum absolute atomic E-state index is 0.0225. The minimum Gasteiger partial charge on any atom is -0.347 e. The van der Waals surface area contributed by atoms with E-state index in [9.17, 15) is 22.8 Å². The van der Waals surface area contributed by atoms with Gasteiger partial charge in [-0.1, -0.05) is 12.1 Å². The third kappa shape index (κ3) is 5.45. The number of benzene rings is 1. The van der Waals surface area contributed by atoms with Crippen LogP contribution >= 0.6 is 0 Å². The molecule has 2 amide bonds. The smallest absolute Gasteiger partial charge is 0.347 e. The molecule has 7 heteroatoms. The number of halogens is 3. The summed E-state index contributed by atoms with van der Waals surface area (Å²) in [7, 11) is 0. The standard InChI is InChI=1S/C14H15F3N2O2/c15-14(16,17)8-18-12(20)7-9-1-5-11(6-2-9)19-13(21)10-3-4-10/h1-2,5-6,10H,3-4,7-8H2,(H,18,20)(H,19,21). The lowest BCUT2D eigenvalue weighted by Gasteiger charge is -2.09. The molecule has 0 aromatic heterocycles. The van der Waals surface area contributed by atoms with Gasteiger partial charge >= 0.3 is 6.18 Å². The highest BCUT2D eigenvalue weighted by molar-refractivity contribution is 5.94. The Labute approximate surface area is 119 Å². The molecule has 2 rings (SSSR count). The lowest BCUT2D eigenvalue weighted by molar-refractivity contribution is -0.138. The second-order valence-electron chi connectivity index (χ2n) is 5.03. The van der Waals surface area contributed by atoms with Gasteiger partial charge in [0.25, 0.3) is 0 Å². The van der Waals surface area contributed by atoms with Crippen molar-refractivity contribution in [1.29, 1.82) is 0 Å². The molecule has 0 bridgehead atoms. The summed E-state index contributed by atoms with van der Waals surface area (Å²) in [5.41, 5.74) is 1.20. The van der Waals surface area contributed by atoms with Crippen molar-refractivity contribution in [1.82, 2.24) is 5.32 Å². The molecule has 0 spiro atoms. The predicted octanol–water partition coefficient (Wildman–Crippen LogP) is 2.26. The zero-order valence-corrected chi connectivity index (χ0v) is 11.2. The highest BCUT2D eigenvalue weighted by Crippen LogP contribution is 2.30. The Bertz CT molecular complexity index is 522. The quantitative estimate of drug-likeness (QED) is 0.876. The molecule has 0 aliphatic heterocycles. The first-order chi connectivity index (χ1) is 9.83. The van der Waals surface area contributed by atoms with Gasteiger partial charge in [-0.05, 0) is 30.5 Å². The Morgan fingerprint density at radius 1 is 1.14 bits per heavy atom. The van der Waals surface area contributed by atoms with Crippen LogP contribution in [0.25, 0.3) is 0 Å². The number of alkyl halides is 3. The maximum Gasteiger partial charge on any atom is 0.405 e. The van der Waals surface area contributed by atoms with Gasteiger partial charge in [-0.25, -0.2) is 0 Å². The van der Waals surface area contributed by atoms with E-state index >= 15 is 0 Å². The fourth-order valence-corrected chi connectivity index (χ4v) is 1.74. The van der Waals surface area contributed by atoms with E-state index in [1.54, 1.807) is 24.3 Å². The van der Waals surface area contributed by atoms with E-state index in [0.29, 0.717) is 11.3 Å². The summed E-state index contributed by atoms with van der Waals surface area (Å²) in [6.07, 6.45) is -2.73. The van der Waals surface area contributed by atoms with Crippen molar-refractivity contribution in [2.75, 3.05) is 11.9 Å². The van der Waals surface area contributed by atoms with Crippen molar-refractivity contribution in [2.45, 2.75) is 25.4 Å². The highest BCUT2D eigenvalue weighted by atomic mass is 19.4. The summed E-state index contributed by atoms with van der Waals surface area (Å²) in [6, 6.07) is 6.48. The number of rotatable bonds is 5. The first-order valence-electron chi connectivity index (χ1n) is 6.57. The molecule has 1 saturated carbocycles. The van der Waals surface area contributed by atoms with Crippen molar-refractivity contribution in [3.8, 4) is 0 Å². The van der Waals surface area contributed by atoms with E-state index in [-0.39, 0.29) is 18.2 Å². The van der Waals surface area contributed by atoms with Gasteiger partial charge in [-0.15, -0.1) is 0 Å². The van der Waals surface area contributed by atoms with Gasteiger partial charge in [-0.3, -0.25) is 9.59 Å². The fraction of sp³-hybridized carbons (Fsp3) is 0.429. The number of anilines is 1. The van der Waals surface area contributed by atoms with Crippen LogP contribution in [0, 0.1) is 5.92 Å². The van der Waals surface area contributed by atoms with Gasteiger partial charge < -0.3 is 10.6 Å². The van der Waals surface area contributed by atoms with Crippen LogP contribution in [0.5, 0.6) is 0 Å². The number of carbonyl (C=O) groups is 2. The molecule has 0 atom stereocenters. The average Bonchev–Trinajstić information content (AvgIpc) is 3.22. The second kappa shape index (κ2) is 6.15. The molecule has 0 radical (unpaired) electrons. The highest BCUT2D eigenvalue weighted by Gasteiger charge is 2.29. The van der Waals surface area contributed by atoms with Gasteiger partial charge in [0.2, 0.25) is 11.8 Å². The minimum atomic E-state index is -4.41. The largest absolute Gasteiger partial charge is 0.405 e. The van der Waals surface area contributed by atoms with Gasteiger partial charge in [0.15, 0.2) is 0 Å². The topological polar surface area (TPSA) is 58.2 Å². The van der Waals surface area contributed by atoms with Crippen LogP contribution in [0.1, 0.15) is 18.4 Å². The summed E-state index contributed by atoms with van der Waals surface area (Å²) in [5, 5.41) is 4.55. The maximum absolute atomic E-state index is 11.9. The molecule has 1 aromatic rings. The summed E-state index contributed by atoms with van der Waals surface area (Å²) in [6.45, 7) is -1.33. The molecule has 0 saturated heterocycles. The van der Waals surface area contributed by atoms with Crippen molar-refractivity contribution < 1.29 is 22.8 Å². The van der Waals surface area contributed by atoms with Gasteiger partial charge in [0, 0.05) is 11.6 Å². The number of nitrogens with one attached hydrogen (secondary N) is 2. The third-order valence-electron chi connectivity index (χ3n) is 3.02. The van der Waals surface area contributed by atoms with E-state index in [2.05, 4.69) is 5.32 Å². The zero-order chi connectivity index (χ0) is 15.5. The lowest BCUT2D eigenvalue weighted by atomic mass is 10.1. The van der Waals surface area contributed by atoms with Gasteiger partial charge in [0.05, 0.1) is 6.42 Å². The SMILES string of the molecule is O=C(Cc1ccc(NC(=O)C2CC2)cc1)NCC(F)(F)F. The van der Waals surface area contributed by atoms with Crippen molar-refractivity contribution in [3.05, 3.63) is 29.8 Å². The molecule has 1 aromatic carbocycles. The first kappa shape index (κ1) is 15.3. The Morgan fingerprint density at radius 3 is 2.29 bits per heavy atom. The van der Waals surface area contributed by atoms with Crippen LogP contribution in [0.3, 0.4) is 0 Å². The summed E-state index contributed by atoms with van der Waals surface area (Å²) in [5.74, 6) is -0.620. The van der Waals surface area contributed by atoms with E-state index in [4.69, 9.17) is 0 Å². The molecular weight excluding hydrogens is 285 g/mol. The van der Waals surface area contributed by atoms with Crippen LogP contribution in [-0.4, -0.2) is 24.5 Å². The van der Waals surface area contributed by atoms with Crippen LogP contribution in [0.4, 0.5) is 18.9 Å². The van der Waals surface area contributed by atoms with E-state index in [1.165, 1.54) is 0 Å². The van der Waals surface area contributed by atoms with Crippen LogP contribution in [0.15, 0.2) is 24.3 Å². The molecule has 4 nitrogen and oxygen atoms in total. The van der Waals surface area contributed by atoms with Crippen molar-refractivity contribution >= 4 is 17.5 Å². The Morgan fingerprint density at radius 2 is 1.76 bits per heavy atom. The third-order valence-corrected chi connectivity index (χ3v) is 3.02. The molecule has 2 N–H and O–H groups in total. The van der Waals surface area contributed by atoms with Gasteiger partial charge in [-0.2, -0.15) is 13.2 Å². The predicted molar refractivity (Wildman–Crippen MR) is 70.6 cm³/mol. The number of hydrogen-bond acceptors (Lipinski definition) is 2. The molecule has 114 valence electrons. The number of hydrogen-bond donors (Lipinski definition) is 2. The monoisotopic (exact) mass is 300 g/mol. The van der Waals surface area contributed by atoms with Crippen LogP contribution in [-0.2, 0) is 16.0 Å². The van der Waals surface area contributed by atoms with E-state index in [1.807, 2.05) is 5.32 Å². The van der Waals surface area contributed by atoms with Crippen LogP contribution < -0.4 is 10.6 Å². The molecular formula is C14H15F3N2O2. The molecule has 1 aliphatic carbocycles. The molecule has 0 heterocycles.